The van der Waals surface area contributed by atoms with Gasteiger partial charge in [-0.1, -0.05) is 6.58 Å². The molecule has 0 atom stereocenters. The first-order valence-corrected chi connectivity index (χ1v) is 8.99. The van der Waals surface area contributed by atoms with E-state index in [-0.39, 0.29) is 10.6 Å². The van der Waals surface area contributed by atoms with Crippen LogP contribution in [0.1, 0.15) is 33.3 Å². The number of rotatable bonds is 5. The highest BCUT2D eigenvalue weighted by Gasteiger charge is 2.20. The summed E-state index contributed by atoms with van der Waals surface area (Å²) in [6.07, 6.45) is 0.342. The Labute approximate surface area is 137 Å². The van der Waals surface area contributed by atoms with Crippen molar-refractivity contribution in [2.24, 2.45) is 0 Å². The third-order valence-electron chi connectivity index (χ3n) is 2.66. The van der Waals surface area contributed by atoms with E-state index in [1.165, 1.54) is 12.1 Å². The molecule has 1 N–H and O–H groups in total. The monoisotopic (exact) mass is 341 g/mol. The van der Waals surface area contributed by atoms with Crippen LogP contribution >= 0.6 is 0 Å². The maximum atomic E-state index is 12.0. The van der Waals surface area contributed by atoms with E-state index in [1.807, 2.05) is 0 Å². The molecule has 0 aliphatic heterocycles. The fourth-order valence-corrected chi connectivity index (χ4v) is 2.64. The number of ether oxygens (including phenoxy) is 2. The van der Waals surface area contributed by atoms with Crippen LogP contribution in [0, 0.1) is 0 Å². The maximum absolute atomic E-state index is 12.0. The molecule has 1 aromatic rings. The molecular weight excluding hydrogens is 318 g/mol. The second-order valence-electron chi connectivity index (χ2n) is 5.97. The summed E-state index contributed by atoms with van der Waals surface area (Å²) in [4.78, 5) is 11.8. The van der Waals surface area contributed by atoms with Gasteiger partial charge in [-0.05, 0) is 45.9 Å². The average molecular weight is 341 g/mol. The van der Waals surface area contributed by atoms with Crippen LogP contribution < -0.4 is 5.32 Å². The molecule has 0 radical (unpaired) electrons. The molecule has 0 saturated carbocycles. The van der Waals surface area contributed by atoms with Gasteiger partial charge in [0.2, 0.25) is 0 Å². The predicted octanol–water partition coefficient (Wildman–Crippen LogP) is 3.44. The normalized spacial score (nSPS) is 11.7. The van der Waals surface area contributed by atoms with Crippen molar-refractivity contribution in [3.63, 3.8) is 0 Å². The van der Waals surface area contributed by atoms with Crippen LogP contribution in [0.2, 0.25) is 0 Å². The summed E-state index contributed by atoms with van der Waals surface area (Å²) >= 11 is 0. The van der Waals surface area contributed by atoms with Crippen molar-refractivity contribution in [2.75, 3.05) is 18.2 Å². The molecule has 0 bridgehead atoms. The minimum atomic E-state index is -3.56. The van der Waals surface area contributed by atoms with Gasteiger partial charge in [0.15, 0.2) is 9.84 Å². The number of amides is 1. The molecule has 0 aliphatic rings. The van der Waals surface area contributed by atoms with Crippen molar-refractivity contribution in [1.82, 2.24) is 0 Å². The first-order valence-electron chi connectivity index (χ1n) is 7.10. The molecular formula is C16H23NO5S. The fraction of sp³-hybridized carbons (Fsp3) is 0.438. The number of nitrogens with one attached hydrogen (secondary N) is 1. The van der Waals surface area contributed by atoms with Crippen molar-refractivity contribution in [2.45, 2.75) is 38.2 Å². The van der Waals surface area contributed by atoms with E-state index in [0.717, 1.165) is 6.26 Å². The van der Waals surface area contributed by atoms with Crippen molar-refractivity contribution in [3.8, 4) is 0 Å². The van der Waals surface area contributed by atoms with E-state index in [2.05, 4.69) is 11.9 Å². The first kappa shape index (κ1) is 19.0. The van der Waals surface area contributed by atoms with Crippen LogP contribution in [0.25, 0.3) is 5.76 Å². The number of sulfone groups is 1. The molecule has 0 spiro atoms. The van der Waals surface area contributed by atoms with Gasteiger partial charge in [0, 0.05) is 11.8 Å². The van der Waals surface area contributed by atoms with Crippen LogP contribution in [0.15, 0.2) is 29.7 Å². The Morgan fingerprint density at radius 3 is 2.39 bits per heavy atom. The molecule has 0 aliphatic carbocycles. The summed E-state index contributed by atoms with van der Waals surface area (Å²) < 4.78 is 34.4. The summed E-state index contributed by atoms with van der Waals surface area (Å²) in [5.74, 6) is 0.362. The zero-order valence-corrected chi connectivity index (χ0v) is 14.9. The quantitative estimate of drug-likeness (QED) is 0.830. The fourth-order valence-electron chi connectivity index (χ4n) is 1.78. The Morgan fingerprint density at radius 1 is 1.30 bits per heavy atom. The van der Waals surface area contributed by atoms with E-state index in [1.54, 1.807) is 33.8 Å². The maximum Gasteiger partial charge on any atom is 0.412 e. The molecule has 1 rings (SSSR count). The van der Waals surface area contributed by atoms with Gasteiger partial charge in [-0.2, -0.15) is 0 Å². The smallest absolute Gasteiger partial charge is 0.412 e. The Hall–Kier alpha value is -2.02. The number of hydrogen-bond donors (Lipinski definition) is 1. The standard InChI is InChI=1S/C16H23NO5S/c1-7-21-11(2)12-8-9-13(14(10-12)23(6,19)20)17-15(18)22-16(3,4)5/h8-10H,2,7H2,1,3-6H3,(H,17,18). The van der Waals surface area contributed by atoms with Gasteiger partial charge in [0.05, 0.1) is 17.2 Å². The predicted molar refractivity (Wildman–Crippen MR) is 90.1 cm³/mol. The zero-order valence-electron chi connectivity index (χ0n) is 14.1. The molecule has 6 nitrogen and oxygen atoms in total. The van der Waals surface area contributed by atoms with Crippen LogP contribution in [0.3, 0.4) is 0 Å². The average Bonchev–Trinajstić information content (AvgIpc) is 2.35. The third-order valence-corrected chi connectivity index (χ3v) is 3.79. The Kier molecular flexibility index (Phi) is 5.82. The van der Waals surface area contributed by atoms with Crippen molar-refractivity contribution >= 4 is 27.4 Å². The minimum absolute atomic E-state index is 0.0262. The van der Waals surface area contributed by atoms with E-state index in [4.69, 9.17) is 9.47 Å². The first-order chi connectivity index (χ1) is 10.4. The number of hydrogen-bond acceptors (Lipinski definition) is 5. The number of carbonyl (C=O) groups is 1. The molecule has 7 heteroatoms. The molecule has 23 heavy (non-hydrogen) atoms. The molecule has 1 amide bonds. The lowest BCUT2D eigenvalue weighted by atomic mass is 10.2. The topological polar surface area (TPSA) is 81.7 Å². The molecule has 0 aromatic heterocycles. The van der Waals surface area contributed by atoms with Crippen LogP contribution in [0.4, 0.5) is 10.5 Å². The van der Waals surface area contributed by atoms with E-state index >= 15 is 0 Å². The third kappa shape index (κ3) is 5.94. The molecule has 0 saturated heterocycles. The highest BCUT2D eigenvalue weighted by molar-refractivity contribution is 7.90. The van der Waals surface area contributed by atoms with Gasteiger partial charge in [0.1, 0.15) is 11.4 Å². The summed E-state index contributed by atoms with van der Waals surface area (Å²) in [6, 6.07) is 4.53. The lowest BCUT2D eigenvalue weighted by Crippen LogP contribution is -2.27. The summed E-state index contributed by atoms with van der Waals surface area (Å²) in [6.45, 7) is 11.1. The lowest BCUT2D eigenvalue weighted by Gasteiger charge is -2.20. The molecule has 0 fully saturated rings. The van der Waals surface area contributed by atoms with E-state index in [0.29, 0.717) is 17.9 Å². The highest BCUT2D eigenvalue weighted by atomic mass is 32.2. The number of carbonyl (C=O) groups excluding carboxylic acids is 1. The lowest BCUT2D eigenvalue weighted by molar-refractivity contribution is 0.0635. The van der Waals surface area contributed by atoms with Crippen LogP contribution in [0.5, 0.6) is 0 Å². The zero-order chi connectivity index (χ0) is 17.8. The van der Waals surface area contributed by atoms with Gasteiger partial charge in [-0.15, -0.1) is 0 Å². The summed E-state index contributed by atoms with van der Waals surface area (Å²) in [5.41, 5.74) is -0.00441. The second-order valence-corrected chi connectivity index (χ2v) is 7.95. The van der Waals surface area contributed by atoms with Crippen molar-refractivity contribution in [3.05, 3.63) is 30.3 Å². The van der Waals surface area contributed by atoms with Gasteiger partial charge in [-0.3, -0.25) is 5.32 Å². The second kappa shape index (κ2) is 7.04. The Balaban J connectivity index is 3.18. The molecule has 1 aromatic carbocycles. The van der Waals surface area contributed by atoms with Crippen LogP contribution in [-0.2, 0) is 19.3 Å². The summed E-state index contributed by atoms with van der Waals surface area (Å²) in [5, 5.41) is 2.46. The molecule has 0 unspecified atom stereocenters. The molecule has 128 valence electrons. The number of benzene rings is 1. The van der Waals surface area contributed by atoms with Crippen molar-refractivity contribution < 1.29 is 22.7 Å². The van der Waals surface area contributed by atoms with Gasteiger partial charge >= 0.3 is 6.09 Å². The largest absolute Gasteiger partial charge is 0.494 e. The Morgan fingerprint density at radius 2 is 1.91 bits per heavy atom. The van der Waals surface area contributed by atoms with Crippen molar-refractivity contribution in [1.29, 1.82) is 0 Å². The van der Waals surface area contributed by atoms with Gasteiger partial charge in [-0.25, -0.2) is 13.2 Å². The molecule has 0 heterocycles. The SMILES string of the molecule is C=C(OCC)c1ccc(NC(=O)OC(C)(C)C)c(S(C)(=O)=O)c1. The van der Waals surface area contributed by atoms with Gasteiger partial charge in [0.25, 0.3) is 0 Å². The Bertz CT molecular complexity index is 702. The number of anilines is 1. The van der Waals surface area contributed by atoms with E-state index < -0.39 is 21.5 Å². The summed E-state index contributed by atoms with van der Waals surface area (Å²) in [7, 11) is -3.56. The van der Waals surface area contributed by atoms with E-state index in [9.17, 15) is 13.2 Å². The van der Waals surface area contributed by atoms with Crippen LogP contribution in [-0.4, -0.2) is 33.0 Å². The minimum Gasteiger partial charge on any atom is -0.494 e. The highest BCUT2D eigenvalue weighted by Crippen LogP contribution is 2.26. The van der Waals surface area contributed by atoms with Gasteiger partial charge < -0.3 is 9.47 Å².